The average Bonchev–Trinajstić information content (AvgIpc) is 2.06. The molecular weight excluding hydrogens is 198 g/mol. The fourth-order valence-electron chi connectivity index (χ4n) is 1.61. The molecule has 1 radical (unpaired) electrons. The molecule has 0 N–H and O–H groups in total. The Morgan fingerprint density at radius 3 is 2.33 bits per heavy atom. The van der Waals surface area contributed by atoms with Gasteiger partial charge >= 0.3 is 0 Å². The van der Waals surface area contributed by atoms with Crippen molar-refractivity contribution in [2.75, 3.05) is 0 Å². The summed E-state index contributed by atoms with van der Waals surface area (Å²) in [5, 5.41) is 0. The SMILES string of the molecule is CCC(C)=NC1CCCCC1.[Cu]. The summed E-state index contributed by atoms with van der Waals surface area (Å²) in [5.41, 5.74) is 1.33. The van der Waals surface area contributed by atoms with Gasteiger partial charge in [-0.3, -0.25) is 4.99 Å². The molecule has 0 aromatic rings. The molecule has 1 rings (SSSR count). The van der Waals surface area contributed by atoms with Gasteiger partial charge in [0.05, 0.1) is 0 Å². The molecule has 2 heteroatoms. The van der Waals surface area contributed by atoms with Crippen LogP contribution in [-0.4, -0.2) is 11.8 Å². The van der Waals surface area contributed by atoms with Crippen molar-refractivity contribution in [3.63, 3.8) is 0 Å². The molecule has 1 aliphatic rings. The zero-order chi connectivity index (χ0) is 8.10. The normalized spacial score (nSPS) is 20.3. The van der Waals surface area contributed by atoms with E-state index in [1.165, 1.54) is 37.8 Å². The molecule has 0 atom stereocenters. The van der Waals surface area contributed by atoms with Crippen molar-refractivity contribution < 1.29 is 17.1 Å². The Bertz CT molecular complexity index is 137. The van der Waals surface area contributed by atoms with E-state index in [0.717, 1.165) is 6.42 Å². The van der Waals surface area contributed by atoms with Gasteiger partial charge in [0.2, 0.25) is 0 Å². The second kappa shape index (κ2) is 6.68. The van der Waals surface area contributed by atoms with E-state index in [1.807, 2.05) is 0 Å². The van der Waals surface area contributed by atoms with Crippen LogP contribution < -0.4 is 0 Å². The zero-order valence-electron chi connectivity index (χ0n) is 8.07. The third-order valence-electron chi connectivity index (χ3n) is 2.49. The summed E-state index contributed by atoms with van der Waals surface area (Å²) in [6, 6.07) is 0.670. The van der Waals surface area contributed by atoms with Crippen LogP contribution in [0, 0.1) is 0 Å². The summed E-state index contributed by atoms with van der Waals surface area (Å²) in [6.07, 6.45) is 8.00. The molecule has 0 aromatic heterocycles. The van der Waals surface area contributed by atoms with Gasteiger partial charge < -0.3 is 0 Å². The van der Waals surface area contributed by atoms with Crippen LogP contribution in [0.25, 0.3) is 0 Å². The summed E-state index contributed by atoms with van der Waals surface area (Å²) in [6.45, 7) is 4.33. The van der Waals surface area contributed by atoms with Crippen molar-refractivity contribution in [2.45, 2.75) is 58.4 Å². The van der Waals surface area contributed by atoms with Crippen LogP contribution in [0.4, 0.5) is 0 Å². The van der Waals surface area contributed by atoms with Gasteiger partial charge in [-0.25, -0.2) is 0 Å². The standard InChI is InChI=1S/C10H19N.Cu/c1-3-9(2)11-10-7-5-4-6-8-10;/h10H,3-8H2,1-2H3;. The second-order valence-electron chi connectivity index (χ2n) is 3.51. The molecule has 0 amide bonds. The van der Waals surface area contributed by atoms with Crippen molar-refractivity contribution in [3.8, 4) is 0 Å². The van der Waals surface area contributed by atoms with Crippen molar-refractivity contribution in [1.29, 1.82) is 0 Å². The largest absolute Gasteiger partial charge is 0.291 e. The molecule has 0 aromatic carbocycles. The van der Waals surface area contributed by atoms with Crippen LogP contribution in [0.3, 0.4) is 0 Å². The van der Waals surface area contributed by atoms with Crippen molar-refractivity contribution in [1.82, 2.24) is 0 Å². The van der Waals surface area contributed by atoms with Crippen LogP contribution in [0.15, 0.2) is 4.99 Å². The quantitative estimate of drug-likeness (QED) is 0.497. The topological polar surface area (TPSA) is 12.4 Å². The van der Waals surface area contributed by atoms with Crippen molar-refractivity contribution in [3.05, 3.63) is 0 Å². The van der Waals surface area contributed by atoms with E-state index in [-0.39, 0.29) is 17.1 Å². The predicted octanol–water partition coefficient (Wildman–Crippen LogP) is 3.19. The molecule has 0 aliphatic heterocycles. The Hall–Kier alpha value is 0.189. The van der Waals surface area contributed by atoms with E-state index in [0.29, 0.717) is 6.04 Å². The molecule has 1 fully saturated rings. The maximum Gasteiger partial charge on any atom is 0.0498 e. The summed E-state index contributed by atoms with van der Waals surface area (Å²) >= 11 is 0. The average molecular weight is 217 g/mol. The van der Waals surface area contributed by atoms with E-state index in [1.54, 1.807) is 0 Å². The predicted molar refractivity (Wildman–Crippen MR) is 50.3 cm³/mol. The molecular formula is C10H19CuN. The van der Waals surface area contributed by atoms with Crippen LogP contribution in [-0.2, 0) is 17.1 Å². The first-order valence-corrected chi connectivity index (χ1v) is 4.86. The summed E-state index contributed by atoms with van der Waals surface area (Å²) in [7, 11) is 0. The van der Waals surface area contributed by atoms with Crippen molar-refractivity contribution in [2.24, 2.45) is 4.99 Å². The van der Waals surface area contributed by atoms with Crippen LogP contribution in [0.1, 0.15) is 52.4 Å². The molecule has 12 heavy (non-hydrogen) atoms. The van der Waals surface area contributed by atoms with Gasteiger partial charge in [0.15, 0.2) is 0 Å². The van der Waals surface area contributed by atoms with Gasteiger partial charge in [-0.15, -0.1) is 0 Å². The van der Waals surface area contributed by atoms with E-state index >= 15 is 0 Å². The monoisotopic (exact) mass is 216 g/mol. The van der Waals surface area contributed by atoms with Gasteiger partial charge in [0.25, 0.3) is 0 Å². The van der Waals surface area contributed by atoms with Crippen LogP contribution in [0.2, 0.25) is 0 Å². The Morgan fingerprint density at radius 1 is 1.25 bits per heavy atom. The molecule has 0 bridgehead atoms. The summed E-state index contributed by atoms with van der Waals surface area (Å²) in [5.74, 6) is 0. The first-order chi connectivity index (χ1) is 5.33. The van der Waals surface area contributed by atoms with Crippen LogP contribution in [0.5, 0.6) is 0 Å². The van der Waals surface area contributed by atoms with E-state index < -0.39 is 0 Å². The first kappa shape index (κ1) is 12.2. The Morgan fingerprint density at radius 2 is 1.83 bits per heavy atom. The number of hydrogen-bond acceptors (Lipinski definition) is 1. The number of nitrogens with zero attached hydrogens (tertiary/aromatic N) is 1. The minimum absolute atomic E-state index is 0. The van der Waals surface area contributed by atoms with Gasteiger partial charge in [-0.1, -0.05) is 26.2 Å². The second-order valence-corrected chi connectivity index (χ2v) is 3.51. The van der Waals surface area contributed by atoms with Crippen LogP contribution >= 0.6 is 0 Å². The van der Waals surface area contributed by atoms with E-state index in [4.69, 9.17) is 0 Å². The number of hydrogen-bond donors (Lipinski definition) is 0. The molecule has 0 unspecified atom stereocenters. The fraction of sp³-hybridized carbons (Fsp3) is 0.900. The number of rotatable bonds is 2. The first-order valence-electron chi connectivity index (χ1n) is 4.86. The molecule has 1 nitrogen and oxygen atoms in total. The molecule has 1 aliphatic carbocycles. The molecule has 0 heterocycles. The van der Waals surface area contributed by atoms with Crippen molar-refractivity contribution >= 4 is 5.71 Å². The van der Waals surface area contributed by atoms with E-state index in [2.05, 4.69) is 18.8 Å². The molecule has 0 saturated heterocycles. The Kier molecular flexibility index (Phi) is 6.78. The third kappa shape index (κ3) is 4.27. The summed E-state index contributed by atoms with van der Waals surface area (Å²) in [4.78, 5) is 4.67. The third-order valence-corrected chi connectivity index (χ3v) is 2.49. The van der Waals surface area contributed by atoms with E-state index in [9.17, 15) is 0 Å². The number of aliphatic imine (C=N–C) groups is 1. The van der Waals surface area contributed by atoms with Gasteiger partial charge in [-0.2, -0.15) is 0 Å². The Labute approximate surface area is 86.5 Å². The molecule has 0 spiro atoms. The minimum atomic E-state index is 0. The molecule has 1 saturated carbocycles. The maximum absolute atomic E-state index is 4.67. The smallest absolute Gasteiger partial charge is 0.0498 e. The maximum atomic E-state index is 4.67. The minimum Gasteiger partial charge on any atom is -0.291 e. The summed E-state index contributed by atoms with van der Waals surface area (Å²) < 4.78 is 0. The fourth-order valence-corrected chi connectivity index (χ4v) is 1.61. The molecule has 75 valence electrons. The van der Waals surface area contributed by atoms with Gasteiger partial charge in [0, 0.05) is 28.8 Å². The Balaban J connectivity index is 0.00000121. The van der Waals surface area contributed by atoms with Gasteiger partial charge in [-0.05, 0) is 26.2 Å². The van der Waals surface area contributed by atoms with Gasteiger partial charge in [0.1, 0.15) is 0 Å². The zero-order valence-corrected chi connectivity index (χ0v) is 9.01.